The van der Waals surface area contributed by atoms with E-state index < -0.39 is 5.97 Å². The van der Waals surface area contributed by atoms with Gasteiger partial charge in [0.25, 0.3) is 0 Å². The van der Waals surface area contributed by atoms with Crippen LogP contribution in [0.5, 0.6) is 11.6 Å². The second-order valence-corrected chi connectivity index (χ2v) is 7.92. The van der Waals surface area contributed by atoms with Crippen molar-refractivity contribution >= 4 is 27.6 Å². The highest BCUT2D eigenvalue weighted by atomic mass is 19.1. The molecule has 0 fully saturated rings. The molecule has 34 heavy (non-hydrogen) atoms. The highest BCUT2D eigenvalue weighted by Gasteiger charge is 2.22. The summed E-state index contributed by atoms with van der Waals surface area (Å²) in [6, 6.07) is 16.6. The number of carbonyl (C=O) groups excluding carboxylic acids is 1. The number of nitrogens with zero attached hydrogens (tertiary/aromatic N) is 2. The van der Waals surface area contributed by atoms with E-state index in [1.54, 1.807) is 60.3 Å². The van der Waals surface area contributed by atoms with E-state index in [0.717, 1.165) is 11.1 Å². The van der Waals surface area contributed by atoms with E-state index in [9.17, 15) is 19.4 Å². The monoisotopic (exact) mass is 456 g/mol. The van der Waals surface area contributed by atoms with Gasteiger partial charge in [0.05, 0.1) is 24.1 Å². The van der Waals surface area contributed by atoms with E-state index in [-0.39, 0.29) is 36.0 Å². The van der Waals surface area contributed by atoms with E-state index in [1.165, 1.54) is 12.1 Å². The van der Waals surface area contributed by atoms with E-state index in [4.69, 9.17) is 4.74 Å². The Hall–Kier alpha value is -4.39. The third-order valence-corrected chi connectivity index (χ3v) is 5.79. The van der Waals surface area contributed by atoms with Gasteiger partial charge in [-0.25, -0.2) is 9.18 Å². The summed E-state index contributed by atoms with van der Waals surface area (Å²) in [7, 11) is 0. The molecular weight excluding hydrogens is 435 g/mol. The maximum absolute atomic E-state index is 13.3. The van der Waals surface area contributed by atoms with Gasteiger partial charge in [0, 0.05) is 28.7 Å². The molecule has 7 heteroatoms. The molecule has 6 nitrogen and oxygen atoms in total. The summed E-state index contributed by atoms with van der Waals surface area (Å²) in [4.78, 5) is 16.7. The first kappa shape index (κ1) is 21.5. The van der Waals surface area contributed by atoms with Crippen molar-refractivity contribution in [3.05, 3.63) is 90.0 Å². The molecule has 5 aromatic rings. The topological polar surface area (TPSA) is 84.6 Å². The van der Waals surface area contributed by atoms with Crippen LogP contribution >= 0.6 is 0 Å². The number of halogens is 1. The van der Waals surface area contributed by atoms with Crippen LogP contribution in [0.2, 0.25) is 0 Å². The van der Waals surface area contributed by atoms with Crippen LogP contribution in [0, 0.1) is 5.82 Å². The van der Waals surface area contributed by atoms with Crippen molar-refractivity contribution in [3.8, 4) is 22.8 Å². The van der Waals surface area contributed by atoms with Crippen LogP contribution in [0.1, 0.15) is 22.8 Å². The third kappa shape index (κ3) is 3.61. The number of carbonyl (C=O) groups is 1. The summed E-state index contributed by atoms with van der Waals surface area (Å²) < 4.78 is 20.1. The van der Waals surface area contributed by atoms with Crippen molar-refractivity contribution in [3.63, 3.8) is 0 Å². The van der Waals surface area contributed by atoms with E-state index >= 15 is 0 Å². The lowest BCUT2D eigenvalue weighted by Crippen LogP contribution is -2.04. The standard InChI is InChI=1S/C27H21FN2O4/c1-2-34-27(33)18-6-3-5-17(13-18)22-20-7-4-12-29-24(20)25(31)23-21(22)15-30(26(23)32)14-16-8-10-19(28)11-9-16/h3-13,15,31-32H,2,14H2,1H3. The molecule has 0 bridgehead atoms. The first-order valence-corrected chi connectivity index (χ1v) is 10.8. The molecule has 0 amide bonds. The summed E-state index contributed by atoms with van der Waals surface area (Å²) in [5.74, 6) is -1.04. The maximum atomic E-state index is 13.3. The maximum Gasteiger partial charge on any atom is 0.338 e. The smallest absolute Gasteiger partial charge is 0.338 e. The molecular formula is C27H21FN2O4. The molecule has 3 aromatic carbocycles. The highest BCUT2D eigenvalue weighted by molar-refractivity contribution is 6.17. The highest BCUT2D eigenvalue weighted by Crippen LogP contribution is 2.46. The zero-order valence-electron chi connectivity index (χ0n) is 18.3. The second-order valence-electron chi connectivity index (χ2n) is 7.92. The lowest BCUT2D eigenvalue weighted by atomic mass is 9.94. The van der Waals surface area contributed by atoms with E-state index in [0.29, 0.717) is 27.4 Å². The predicted molar refractivity (Wildman–Crippen MR) is 127 cm³/mol. The lowest BCUT2D eigenvalue weighted by Gasteiger charge is -2.12. The zero-order chi connectivity index (χ0) is 23.8. The number of phenols is 1. The predicted octanol–water partition coefficient (Wildman–Crippen LogP) is 5.63. The van der Waals surface area contributed by atoms with Crippen molar-refractivity contribution in [2.75, 3.05) is 6.61 Å². The van der Waals surface area contributed by atoms with Crippen molar-refractivity contribution < 1.29 is 24.1 Å². The minimum absolute atomic E-state index is 0.132. The fraction of sp³-hybridized carbons (Fsp3) is 0.111. The SMILES string of the molecule is CCOC(=O)c1cccc(-c2c3cccnc3c(O)c3c(O)n(Cc4ccc(F)cc4)cc23)c1. The molecule has 2 aromatic heterocycles. The first-order chi connectivity index (χ1) is 16.5. The van der Waals surface area contributed by atoms with Crippen LogP contribution in [0.25, 0.3) is 32.8 Å². The van der Waals surface area contributed by atoms with Gasteiger partial charge >= 0.3 is 5.97 Å². The van der Waals surface area contributed by atoms with Crippen LogP contribution in [0.3, 0.4) is 0 Å². The average Bonchev–Trinajstić information content (AvgIpc) is 3.17. The number of aromatic hydroxyl groups is 2. The zero-order valence-corrected chi connectivity index (χ0v) is 18.3. The van der Waals surface area contributed by atoms with Gasteiger partial charge in [-0.15, -0.1) is 0 Å². The Balaban J connectivity index is 1.76. The molecule has 0 radical (unpaired) electrons. The number of hydrogen-bond donors (Lipinski definition) is 2. The van der Waals surface area contributed by atoms with Crippen molar-refractivity contribution in [1.82, 2.24) is 9.55 Å². The van der Waals surface area contributed by atoms with Gasteiger partial charge in [-0.1, -0.05) is 30.3 Å². The Morgan fingerprint density at radius 1 is 1.06 bits per heavy atom. The Kier molecular flexibility index (Phi) is 5.37. The third-order valence-electron chi connectivity index (χ3n) is 5.79. The molecule has 170 valence electrons. The van der Waals surface area contributed by atoms with Crippen molar-refractivity contribution in [2.24, 2.45) is 0 Å². The number of aromatic nitrogens is 2. The Morgan fingerprint density at radius 2 is 1.85 bits per heavy atom. The van der Waals surface area contributed by atoms with Crippen molar-refractivity contribution in [2.45, 2.75) is 13.5 Å². The van der Waals surface area contributed by atoms with Crippen LogP contribution in [0.4, 0.5) is 4.39 Å². The van der Waals surface area contributed by atoms with Gasteiger partial charge in [0.2, 0.25) is 5.88 Å². The summed E-state index contributed by atoms with van der Waals surface area (Å²) in [5.41, 5.74) is 2.95. The van der Waals surface area contributed by atoms with Gasteiger partial charge < -0.3 is 19.5 Å². The Labute approximate surface area is 194 Å². The van der Waals surface area contributed by atoms with Gasteiger partial charge in [0.15, 0.2) is 5.75 Å². The Bertz CT molecular complexity index is 1540. The normalized spacial score (nSPS) is 11.2. The summed E-state index contributed by atoms with van der Waals surface area (Å²) >= 11 is 0. The van der Waals surface area contributed by atoms with Gasteiger partial charge in [-0.3, -0.25) is 4.98 Å². The van der Waals surface area contributed by atoms with Crippen molar-refractivity contribution in [1.29, 1.82) is 0 Å². The fourth-order valence-corrected chi connectivity index (χ4v) is 4.26. The molecule has 0 atom stereocenters. The molecule has 0 aliphatic heterocycles. The summed E-state index contributed by atoms with van der Waals surface area (Å²) in [6.07, 6.45) is 3.31. The number of ether oxygens (including phenoxy) is 1. The summed E-state index contributed by atoms with van der Waals surface area (Å²) in [6.45, 7) is 2.28. The second kappa shape index (κ2) is 8.51. The number of fused-ring (bicyclic) bond motifs is 2. The van der Waals surface area contributed by atoms with Gasteiger partial charge in [-0.2, -0.15) is 0 Å². The van der Waals surface area contributed by atoms with Gasteiger partial charge in [-0.05, 0) is 48.4 Å². The quantitative estimate of drug-likeness (QED) is 0.335. The van der Waals surface area contributed by atoms with E-state index in [2.05, 4.69) is 4.98 Å². The molecule has 0 spiro atoms. The van der Waals surface area contributed by atoms with Crippen LogP contribution in [0.15, 0.2) is 73.1 Å². The number of phenolic OH excluding ortho intramolecular Hbond substituents is 1. The average molecular weight is 456 g/mol. The van der Waals surface area contributed by atoms with Crippen LogP contribution in [-0.2, 0) is 11.3 Å². The molecule has 0 aliphatic carbocycles. The number of esters is 1. The largest absolute Gasteiger partial charge is 0.505 e. The van der Waals surface area contributed by atoms with Crippen LogP contribution in [-0.4, -0.2) is 32.3 Å². The van der Waals surface area contributed by atoms with Crippen LogP contribution < -0.4 is 0 Å². The first-order valence-electron chi connectivity index (χ1n) is 10.8. The molecule has 0 saturated heterocycles. The fourth-order valence-electron chi connectivity index (χ4n) is 4.26. The lowest BCUT2D eigenvalue weighted by molar-refractivity contribution is 0.0526. The molecule has 2 heterocycles. The number of rotatable bonds is 5. The minimum atomic E-state index is -0.432. The molecule has 0 aliphatic rings. The minimum Gasteiger partial charge on any atom is -0.505 e. The Morgan fingerprint density at radius 3 is 2.62 bits per heavy atom. The number of pyridine rings is 1. The molecule has 0 saturated carbocycles. The summed E-state index contributed by atoms with van der Waals surface area (Å²) in [5, 5.41) is 23.6. The number of hydrogen-bond acceptors (Lipinski definition) is 5. The van der Waals surface area contributed by atoms with Gasteiger partial charge in [0.1, 0.15) is 11.3 Å². The molecule has 2 N–H and O–H groups in total. The molecule has 0 unspecified atom stereocenters. The van der Waals surface area contributed by atoms with E-state index in [1.807, 2.05) is 12.1 Å². The number of benzene rings is 3. The molecule has 5 rings (SSSR count).